The van der Waals surface area contributed by atoms with Gasteiger partial charge in [0.1, 0.15) is 5.75 Å². The summed E-state index contributed by atoms with van der Waals surface area (Å²) in [6.45, 7) is 1.84. The predicted molar refractivity (Wildman–Crippen MR) is 70.0 cm³/mol. The predicted octanol–water partition coefficient (Wildman–Crippen LogP) is 3.00. The molecular formula is C13H11ClN2O2. The van der Waals surface area contributed by atoms with E-state index >= 15 is 0 Å². The number of carbonyl (C=O) groups is 1. The fourth-order valence-corrected chi connectivity index (χ4v) is 1.82. The number of nitrogens with one attached hydrogen (secondary N) is 1. The molecule has 0 unspecified atom stereocenters. The Labute approximate surface area is 109 Å². The van der Waals surface area contributed by atoms with E-state index in [1.807, 2.05) is 13.0 Å². The van der Waals surface area contributed by atoms with Gasteiger partial charge in [-0.2, -0.15) is 0 Å². The van der Waals surface area contributed by atoms with E-state index in [4.69, 9.17) is 11.6 Å². The van der Waals surface area contributed by atoms with Crippen molar-refractivity contribution in [3.05, 3.63) is 52.8 Å². The molecule has 92 valence electrons. The highest BCUT2D eigenvalue weighted by Gasteiger charge is 2.13. The van der Waals surface area contributed by atoms with Crippen molar-refractivity contribution in [1.82, 2.24) is 4.98 Å². The maximum absolute atomic E-state index is 12.0. The SMILES string of the molecule is Cc1cccc(Cl)c1NC(=O)c1ccncc1O. The maximum atomic E-state index is 12.0. The van der Waals surface area contributed by atoms with Crippen molar-refractivity contribution in [2.45, 2.75) is 6.92 Å². The number of carbonyl (C=O) groups excluding carboxylic acids is 1. The summed E-state index contributed by atoms with van der Waals surface area (Å²) >= 11 is 6.01. The number of benzene rings is 1. The highest BCUT2D eigenvalue weighted by atomic mass is 35.5. The molecule has 0 saturated heterocycles. The minimum Gasteiger partial charge on any atom is -0.505 e. The van der Waals surface area contributed by atoms with Crippen LogP contribution in [0, 0.1) is 6.92 Å². The summed E-state index contributed by atoms with van der Waals surface area (Å²) in [5.74, 6) is -0.592. The lowest BCUT2D eigenvalue weighted by molar-refractivity contribution is 0.102. The topological polar surface area (TPSA) is 62.2 Å². The zero-order chi connectivity index (χ0) is 13.1. The van der Waals surface area contributed by atoms with Gasteiger partial charge in [-0.15, -0.1) is 0 Å². The van der Waals surface area contributed by atoms with E-state index in [2.05, 4.69) is 10.3 Å². The van der Waals surface area contributed by atoms with Crippen LogP contribution in [0.15, 0.2) is 36.7 Å². The minimum absolute atomic E-state index is 0.157. The summed E-state index contributed by atoms with van der Waals surface area (Å²) in [4.78, 5) is 15.7. The Morgan fingerprint density at radius 2 is 2.17 bits per heavy atom. The number of nitrogens with zero attached hydrogens (tertiary/aromatic N) is 1. The number of halogens is 1. The third kappa shape index (κ3) is 2.43. The number of hydrogen-bond acceptors (Lipinski definition) is 3. The van der Waals surface area contributed by atoms with Crippen LogP contribution in [0.1, 0.15) is 15.9 Å². The number of aryl methyl sites for hydroxylation is 1. The van der Waals surface area contributed by atoms with Crippen molar-refractivity contribution in [3.63, 3.8) is 0 Å². The van der Waals surface area contributed by atoms with Crippen LogP contribution < -0.4 is 5.32 Å². The highest BCUT2D eigenvalue weighted by molar-refractivity contribution is 6.34. The van der Waals surface area contributed by atoms with E-state index < -0.39 is 5.91 Å². The van der Waals surface area contributed by atoms with Crippen molar-refractivity contribution in [2.24, 2.45) is 0 Å². The second-order valence-corrected chi connectivity index (χ2v) is 4.19. The van der Waals surface area contributed by atoms with Gasteiger partial charge in [-0.05, 0) is 24.6 Å². The van der Waals surface area contributed by atoms with Gasteiger partial charge in [0, 0.05) is 6.20 Å². The number of aromatic nitrogens is 1. The van der Waals surface area contributed by atoms with Gasteiger partial charge < -0.3 is 10.4 Å². The van der Waals surface area contributed by atoms with E-state index in [9.17, 15) is 9.90 Å². The van der Waals surface area contributed by atoms with Crippen LogP contribution in [0.25, 0.3) is 0 Å². The third-order valence-corrected chi connectivity index (χ3v) is 2.82. The lowest BCUT2D eigenvalue weighted by Crippen LogP contribution is -2.13. The van der Waals surface area contributed by atoms with Crippen molar-refractivity contribution in [1.29, 1.82) is 0 Å². The van der Waals surface area contributed by atoms with Crippen molar-refractivity contribution in [3.8, 4) is 5.75 Å². The summed E-state index contributed by atoms with van der Waals surface area (Å²) < 4.78 is 0. The van der Waals surface area contributed by atoms with Gasteiger partial charge in [0.15, 0.2) is 0 Å². The van der Waals surface area contributed by atoms with Crippen LogP contribution in [0.5, 0.6) is 5.75 Å². The molecule has 0 atom stereocenters. The molecule has 2 rings (SSSR count). The molecule has 4 nitrogen and oxygen atoms in total. The number of aromatic hydroxyl groups is 1. The average Bonchev–Trinajstić information content (AvgIpc) is 2.34. The number of para-hydroxylation sites is 1. The first-order chi connectivity index (χ1) is 8.59. The third-order valence-electron chi connectivity index (χ3n) is 2.51. The molecule has 0 spiro atoms. The number of amides is 1. The van der Waals surface area contributed by atoms with Gasteiger partial charge in [-0.1, -0.05) is 23.7 Å². The second-order valence-electron chi connectivity index (χ2n) is 3.78. The molecule has 0 saturated carbocycles. The highest BCUT2D eigenvalue weighted by Crippen LogP contribution is 2.26. The van der Waals surface area contributed by atoms with Crippen molar-refractivity contribution in [2.75, 3.05) is 5.32 Å². The molecule has 0 aliphatic heterocycles. The molecule has 1 aromatic heterocycles. The quantitative estimate of drug-likeness (QED) is 0.875. The van der Waals surface area contributed by atoms with E-state index in [1.165, 1.54) is 18.5 Å². The van der Waals surface area contributed by atoms with Crippen LogP contribution >= 0.6 is 11.6 Å². The van der Waals surface area contributed by atoms with Crippen LogP contribution in [-0.4, -0.2) is 16.0 Å². The first-order valence-corrected chi connectivity index (χ1v) is 5.67. The first-order valence-electron chi connectivity index (χ1n) is 5.29. The molecule has 0 aliphatic carbocycles. The number of rotatable bonds is 2. The standard InChI is InChI=1S/C13H11ClN2O2/c1-8-3-2-4-10(14)12(8)16-13(18)9-5-6-15-7-11(9)17/h2-7,17H,1H3,(H,16,18). The number of anilines is 1. The molecule has 1 aromatic carbocycles. The summed E-state index contributed by atoms with van der Waals surface area (Å²) in [5.41, 5.74) is 1.55. The van der Waals surface area contributed by atoms with Gasteiger partial charge in [0.2, 0.25) is 0 Å². The normalized spacial score (nSPS) is 10.1. The van der Waals surface area contributed by atoms with Crippen LogP contribution in [0.4, 0.5) is 5.69 Å². The van der Waals surface area contributed by atoms with Crippen molar-refractivity contribution < 1.29 is 9.90 Å². The lowest BCUT2D eigenvalue weighted by Gasteiger charge is -2.10. The van der Waals surface area contributed by atoms with Crippen LogP contribution in [0.3, 0.4) is 0 Å². The summed E-state index contributed by atoms with van der Waals surface area (Å²) in [7, 11) is 0. The zero-order valence-electron chi connectivity index (χ0n) is 9.64. The Morgan fingerprint density at radius 3 is 2.83 bits per heavy atom. The van der Waals surface area contributed by atoms with Crippen LogP contribution in [-0.2, 0) is 0 Å². The zero-order valence-corrected chi connectivity index (χ0v) is 10.4. The van der Waals surface area contributed by atoms with E-state index in [0.29, 0.717) is 10.7 Å². The molecule has 18 heavy (non-hydrogen) atoms. The summed E-state index contributed by atoms with van der Waals surface area (Å²) in [5, 5.41) is 12.7. The number of hydrogen-bond donors (Lipinski definition) is 2. The molecule has 0 bridgehead atoms. The fraction of sp³-hybridized carbons (Fsp3) is 0.0769. The molecular weight excluding hydrogens is 252 g/mol. The lowest BCUT2D eigenvalue weighted by atomic mass is 10.1. The Kier molecular flexibility index (Phi) is 3.48. The van der Waals surface area contributed by atoms with Gasteiger partial charge in [-0.25, -0.2) is 0 Å². The monoisotopic (exact) mass is 262 g/mol. The Hall–Kier alpha value is -2.07. The van der Waals surface area contributed by atoms with E-state index in [0.717, 1.165) is 5.56 Å². The molecule has 5 heteroatoms. The second kappa shape index (κ2) is 5.06. The molecule has 2 aromatic rings. The maximum Gasteiger partial charge on any atom is 0.259 e. The van der Waals surface area contributed by atoms with E-state index in [-0.39, 0.29) is 11.3 Å². The van der Waals surface area contributed by atoms with Crippen LogP contribution in [0.2, 0.25) is 5.02 Å². The fourth-order valence-electron chi connectivity index (χ4n) is 1.55. The molecule has 0 fully saturated rings. The van der Waals surface area contributed by atoms with Gasteiger partial charge in [-0.3, -0.25) is 9.78 Å². The average molecular weight is 263 g/mol. The molecule has 1 amide bonds. The van der Waals surface area contributed by atoms with Gasteiger partial charge in [0.25, 0.3) is 5.91 Å². The Morgan fingerprint density at radius 1 is 1.39 bits per heavy atom. The Balaban J connectivity index is 2.30. The molecule has 0 radical (unpaired) electrons. The first kappa shape index (κ1) is 12.4. The Bertz CT molecular complexity index is 579. The number of pyridine rings is 1. The van der Waals surface area contributed by atoms with E-state index in [1.54, 1.807) is 12.1 Å². The molecule has 2 N–H and O–H groups in total. The van der Waals surface area contributed by atoms with Gasteiger partial charge >= 0.3 is 0 Å². The van der Waals surface area contributed by atoms with Gasteiger partial charge in [0.05, 0.1) is 22.5 Å². The molecule has 1 heterocycles. The van der Waals surface area contributed by atoms with Crippen molar-refractivity contribution >= 4 is 23.2 Å². The largest absolute Gasteiger partial charge is 0.505 e. The molecule has 0 aliphatic rings. The minimum atomic E-state index is -0.425. The summed E-state index contributed by atoms with van der Waals surface area (Å²) in [6, 6.07) is 6.78. The smallest absolute Gasteiger partial charge is 0.259 e. The summed E-state index contributed by atoms with van der Waals surface area (Å²) in [6.07, 6.45) is 2.66.